The van der Waals surface area contributed by atoms with E-state index in [2.05, 4.69) is 156 Å². The number of ether oxygens (including phenoxy) is 1. The first kappa shape index (κ1) is 34.0. The van der Waals surface area contributed by atoms with Crippen molar-refractivity contribution in [1.29, 1.82) is 0 Å². The molecule has 2 unspecified atom stereocenters. The minimum Gasteiger partial charge on any atom is -0.485 e. The van der Waals surface area contributed by atoms with E-state index in [1.165, 1.54) is 44.6 Å². The largest absolute Gasteiger partial charge is 0.485 e. The van der Waals surface area contributed by atoms with Crippen molar-refractivity contribution in [1.82, 2.24) is 0 Å². The van der Waals surface area contributed by atoms with Crippen molar-refractivity contribution in [3.8, 4) is 5.75 Å². The van der Waals surface area contributed by atoms with E-state index in [4.69, 9.17) is 4.74 Å². The molecule has 1 nitrogen and oxygen atoms in total. The molecule has 0 aromatic heterocycles. The Labute approximate surface area is 284 Å². The Bertz CT molecular complexity index is 1650. The maximum Gasteiger partial charge on any atom is 0.128 e. The molecule has 0 amide bonds. The fourth-order valence-electron chi connectivity index (χ4n) is 7.61. The zero-order valence-electron chi connectivity index (χ0n) is 28.7. The van der Waals surface area contributed by atoms with Crippen LogP contribution in [0.15, 0.2) is 169 Å². The molecule has 0 bridgehead atoms. The van der Waals surface area contributed by atoms with Crippen LogP contribution in [-0.2, 0) is 0 Å². The number of hydrogen-bond acceptors (Lipinski definition) is 1. The van der Waals surface area contributed by atoms with E-state index in [0.29, 0.717) is 5.92 Å². The number of benzene rings is 1. The summed E-state index contributed by atoms with van der Waals surface area (Å²) < 4.78 is 6.31. The average molecular weight is 621 g/mol. The van der Waals surface area contributed by atoms with E-state index in [-0.39, 0.29) is 23.9 Å². The smallest absolute Gasteiger partial charge is 0.128 e. The van der Waals surface area contributed by atoms with E-state index < -0.39 is 0 Å². The van der Waals surface area contributed by atoms with Crippen LogP contribution in [-0.4, -0.2) is 6.10 Å². The van der Waals surface area contributed by atoms with Crippen molar-refractivity contribution >= 4 is 5.57 Å². The molecule has 0 N–H and O–H groups in total. The van der Waals surface area contributed by atoms with E-state index in [1.807, 2.05) is 6.08 Å². The molecule has 0 saturated heterocycles. The summed E-state index contributed by atoms with van der Waals surface area (Å²) >= 11 is 0. The molecule has 1 heterocycles. The third-order valence-corrected chi connectivity index (χ3v) is 10.0. The lowest BCUT2D eigenvalue weighted by Gasteiger charge is -2.32. The molecular formula is C46H52O. The fraction of sp³-hybridized carbons (Fsp3) is 0.304. The minimum atomic E-state index is 0.0920. The number of fused-ring (bicyclic) bond motifs is 3. The Hall–Kier alpha value is -4.36. The van der Waals surface area contributed by atoms with Gasteiger partial charge in [-0.25, -0.2) is 0 Å². The highest BCUT2D eigenvalue weighted by Gasteiger charge is 2.33. The SMILES string of the molecule is C=C/C=C1/CCC=C/C1=C/C[C@H](C/C=C\C)/C(C=C)=C(/C=C\C)[C@@H](C1=C(c2ccc3c(c2)[C@@H]2C=CC=CC2O3)CCC=C1)C(C)C=C. The van der Waals surface area contributed by atoms with Gasteiger partial charge in [-0.15, -0.1) is 6.58 Å². The van der Waals surface area contributed by atoms with Gasteiger partial charge < -0.3 is 4.74 Å². The van der Waals surface area contributed by atoms with Crippen LogP contribution in [0.3, 0.4) is 0 Å². The maximum atomic E-state index is 6.31. The van der Waals surface area contributed by atoms with Crippen LogP contribution in [0.2, 0.25) is 0 Å². The lowest BCUT2D eigenvalue weighted by molar-refractivity contribution is 0.269. The molecular weight excluding hydrogens is 569 g/mol. The van der Waals surface area contributed by atoms with Gasteiger partial charge in [0.1, 0.15) is 11.9 Å². The van der Waals surface area contributed by atoms with Crippen LogP contribution in [0, 0.1) is 17.8 Å². The zero-order chi connectivity index (χ0) is 33.2. The van der Waals surface area contributed by atoms with Gasteiger partial charge in [0, 0.05) is 17.4 Å². The quantitative estimate of drug-likeness (QED) is 0.157. The van der Waals surface area contributed by atoms with Crippen molar-refractivity contribution in [2.75, 3.05) is 0 Å². The molecule has 242 valence electrons. The second-order valence-corrected chi connectivity index (χ2v) is 13.0. The zero-order valence-corrected chi connectivity index (χ0v) is 28.7. The minimum absolute atomic E-state index is 0.0920. The summed E-state index contributed by atoms with van der Waals surface area (Å²) in [4.78, 5) is 0. The summed E-state index contributed by atoms with van der Waals surface area (Å²) in [6, 6.07) is 6.86. The van der Waals surface area contributed by atoms with Gasteiger partial charge in [0.25, 0.3) is 0 Å². The first-order chi connectivity index (χ1) is 23.0. The average Bonchev–Trinajstić information content (AvgIpc) is 3.48. The molecule has 1 heteroatoms. The highest BCUT2D eigenvalue weighted by atomic mass is 16.5. The van der Waals surface area contributed by atoms with Gasteiger partial charge in [-0.1, -0.05) is 123 Å². The molecule has 0 fully saturated rings. The summed E-state index contributed by atoms with van der Waals surface area (Å²) in [5.74, 6) is 1.94. The normalized spacial score (nSPS) is 24.3. The molecule has 47 heavy (non-hydrogen) atoms. The predicted molar refractivity (Wildman–Crippen MR) is 204 cm³/mol. The topological polar surface area (TPSA) is 9.23 Å². The molecule has 0 spiro atoms. The molecule has 1 aromatic rings. The molecule has 4 aliphatic rings. The van der Waals surface area contributed by atoms with Crippen LogP contribution in [0.1, 0.15) is 76.3 Å². The van der Waals surface area contributed by atoms with Crippen LogP contribution < -0.4 is 4.74 Å². The Morgan fingerprint density at radius 2 is 1.77 bits per heavy atom. The van der Waals surface area contributed by atoms with E-state index in [9.17, 15) is 0 Å². The number of allylic oxidation sites excluding steroid dienone is 21. The second-order valence-electron chi connectivity index (χ2n) is 13.0. The first-order valence-electron chi connectivity index (χ1n) is 17.5. The van der Waals surface area contributed by atoms with Gasteiger partial charge >= 0.3 is 0 Å². The van der Waals surface area contributed by atoms with Crippen molar-refractivity contribution in [3.63, 3.8) is 0 Å². The van der Waals surface area contributed by atoms with Gasteiger partial charge in [0.15, 0.2) is 0 Å². The third-order valence-electron chi connectivity index (χ3n) is 10.0. The van der Waals surface area contributed by atoms with Crippen LogP contribution >= 0.6 is 0 Å². The Morgan fingerprint density at radius 3 is 2.53 bits per heavy atom. The van der Waals surface area contributed by atoms with Gasteiger partial charge in [0.2, 0.25) is 0 Å². The molecule has 5 rings (SSSR count). The van der Waals surface area contributed by atoms with Gasteiger partial charge in [-0.2, -0.15) is 0 Å². The maximum absolute atomic E-state index is 6.31. The predicted octanol–water partition coefficient (Wildman–Crippen LogP) is 12.6. The number of rotatable bonds is 13. The fourth-order valence-corrected chi connectivity index (χ4v) is 7.61. The monoisotopic (exact) mass is 620 g/mol. The summed E-state index contributed by atoms with van der Waals surface area (Å²) in [5.41, 5.74) is 10.8. The third kappa shape index (κ3) is 7.62. The molecule has 3 aliphatic carbocycles. The molecule has 0 saturated carbocycles. The van der Waals surface area contributed by atoms with E-state index in [0.717, 1.165) is 44.3 Å². The Morgan fingerprint density at radius 1 is 0.957 bits per heavy atom. The van der Waals surface area contributed by atoms with Crippen molar-refractivity contribution in [2.45, 2.75) is 71.3 Å². The highest BCUT2D eigenvalue weighted by Crippen LogP contribution is 2.46. The summed E-state index contributed by atoms with van der Waals surface area (Å²) in [7, 11) is 0. The van der Waals surface area contributed by atoms with Crippen molar-refractivity contribution in [2.24, 2.45) is 17.8 Å². The summed E-state index contributed by atoms with van der Waals surface area (Å²) in [6.45, 7) is 19.3. The van der Waals surface area contributed by atoms with Gasteiger partial charge in [0.05, 0.1) is 0 Å². The van der Waals surface area contributed by atoms with Crippen molar-refractivity contribution in [3.05, 3.63) is 180 Å². The standard InChI is InChI=1S/C46H52O/c1-7-12-21-36(29-28-35-23-14-13-22-34(35)19-8-2)38(11-5)41(20-9-3)46(33(6)10-4)42-26-16-15-24-39(42)37-30-31-45-43(32-37)40-25-17-18-27-44(40)47-45/h7-12,14,16-20,23,25-28,30-33,36,40,44,46H,2,4-5,13,15,21-22,24,29H2,1,3,6H3/b12-7-,20-9-,34-19-,35-28-,41-38-/t33?,36-,40-,44?,46-/m0/s1. The summed E-state index contributed by atoms with van der Waals surface area (Å²) in [6.07, 6.45) is 44.0. The van der Waals surface area contributed by atoms with Crippen LogP contribution in [0.25, 0.3) is 5.57 Å². The highest BCUT2D eigenvalue weighted by molar-refractivity contribution is 5.75. The molecule has 1 aromatic carbocycles. The lowest BCUT2D eigenvalue weighted by Crippen LogP contribution is -2.20. The van der Waals surface area contributed by atoms with Crippen LogP contribution in [0.5, 0.6) is 5.75 Å². The Kier molecular flexibility index (Phi) is 11.9. The van der Waals surface area contributed by atoms with Crippen LogP contribution in [0.4, 0.5) is 0 Å². The van der Waals surface area contributed by atoms with E-state index >= 15 is 0 Å². The lowest BCUT2D eigenvalue weighted by atomic mass is 9.72. The number of hydrogen-bond donors (Lipinski definition) is 0. The van der Waals surface area contributed by atoms with Crippen molar-refractivity contribution < 1.29 is 4.74 Å². The van der Waals surface area contributed by atoms with Gasteiger partial charge in [-0.3, -0.25) is 0 Å². The Balaban J connectivity index is 1.63. The molecule has 5 atom stereocenters. The van der Waals surface area contributed by atoms with Gasteiger partial charge in [-0.05, 0) is 121 Å². The van der Waals surface area contributed by atoms with E-state index in [1.54, 1.807) is 0 Å². The second kappa shape index (κ2) is 16.5. The first-order valence-corrected chi connectivity index (χ1v) is 17.5. The molecule has 1 aliphatic heterocycles. The molecule has 0 radical (unpaired) electrons. The summed E-state index contributed by atoms with van der Waals surface area (Å²) in [5, 5.41) is 0.